The lowest BCUT2D eigenvalue weighted by Crippen LogP contribution is -2.25. The van der Waals surface area contributed by atoms with Crippen LogP contribution in [0, 0.1) is 0 Å². The number of hydrogen-bond acceptors (Lipinski definition) is 4. The highest BCUT2D eigenvalue weighted by atomic mass is 19.4. The molecule has 0 aliphatic heterocycles. The summed E-state index contributed by atoms with van der Waals surface area (Å²) in [6.07, 6.45) is -4.33. The van der Waals surface area contributed by atoms with Gasteiger partial charge in [-0.1, -0.05) is 0 Å². The van der Waals surface area contributed by atoms with Crippen LogP contribution in [0.5, 0.6) is 0 Å². The van der Waals surface area contributed by atoms with E-state index in [1.54, 1.807) is 5.43 Å². The Labute approximate surface area is 94.3 Å². The van der Waals surface area contributed by atoms with Crippen molar-refractivity contribution < 1.29 is 27.5 Å². The number of alkyl halides is 3. The number of carbonyl (C=O) groups is 2. The zero-order valence-corrected chi connectivity index (χ0v) is 8.75. The molecular formula is C8H10F3N3O3. The van der Waals surface area contributed by atoms with E-state index in [9.17, 15) is 22.8 Å². The number of nitrogens with one attached hydrogen (secondary N) is 1. The number of esters is 1. The van der Waals surface area contributed by atoms with Crippen molar-refractivity contribution in [3.05, 3.63) is 11.6 Å². The highest BCUT2D eigenvalue weighted by Gasteiger charge is 2.33. The molecule has 0 saturated carbocycles. The second-order valence-electron chi connectivity index (χ2n) is 2.58. The van der Waals surface area contributed by atoms with Crippen molar-refractivity contribution in [1.29, 1.82) is 0 Å². The van der Waals surface area contributed by atoms with E-state index in [-0.39, 0.29) is 18.9 Å². The molecule has 0 fully saturated rings. The van der Waals surface area contributed by atoms with E-state index in [0.717, 1.165) is 0 Å². The second-order valence-corrected chi connectivity index (χ2v) is 2.58. The molecule has 0 bridgehead atoms. The van der Waals surface area contributed by atoms with E-state index in [1.807, 2.05) is 0 Å². The van der Waals surface area contributed by atoms with Gasteiger partial charge in [-0.05, 0) is 6.92 Å². The van der Waals surface area contributed by atoms with Crippen LogP contribution in [0.3, 0.4) is 0 Å². The molecule has 3 N–H and O–H groups in total. The lowest BCUT2D eigenvalue weighted by molar-refractivity contribution is -0.138. The third-order valence-corrected chi connectivity index (χ3v) is 1.27. The predicted octanol–water partition coefficient (Wildman–Crippen LogP) is 0.692. The summed E-state index contributed by atoms with van der Waals surface area (Å²) in [6.45, 7) is 1.39. The summed E-state index contributed by atoms with van der Waals surface area (Å²) in [5, 5.41) is 2.91. The summed E-state index contributed by atoms with van der Waals surface area (Å²) in [5.41, 5.74) is 4.78. The monoisotopic (exact) mass is 253 g/mol. The van der Waals surface area contributed by atoms with Crippen LogP contribution < -0.4 is 11.2 Å². The molecule has 0 aliphatic rings. The van der Waals surface area contributed by atoms with Gasteiger partial charge in [-0.15, -0.1) is 0 Å². The minimum atomic E-state index is -4.80. The van der Waals surface area contributed by atoms with Crippen LogP contribution in [-0.2, 0) is 9.53 Å². The Morgan fingerprint density at radius 1 is 1.47 bits per heavy atom. The maximum atomic E-state index is 12.3. The van der Waals surface area contributed by atoms with Crippen molar-refractivity contribution >= 4 is 18.2 Å². The SMILES string of the molecule is CCOC(=O)/C=C(/C=N/NC(N)=O)C(F)(F)F. The first-order valence-electron chi connectivity index (χ1n) is 4.31. The number of halogens is 3. The van der Waals surface area contributed by atoms with Gasteiger partial charge in [0.2, 0.25) is 0 Å². The molecule has 0 aromatic rings. The first-order chi connectivity index (χ1) is 7.77. The largest absolute Gasteiger partial charge is 0.463 e. The summed E-state index contributed by atoms with van der Waals surface area (Å²) >= 11 is 0. The zero-order valence-electron chi connectivity index (χ0n) is 8.75. The van der Waals surface area contributed by atoms with Gasteiger partial charge in [-0.3, -0.25) is 0 Å². The number of allylic oxidation sites excluding steroid dienone is 1. The predicted molar refractivity (Wildman–Crippen MR) is 52.0 cm³/mol. The number of hydrogen-bond donors (Lipinski definition) is 2. The fraction of sp³-hybridized carbons (Fsp3) is 0.375. The molecule has 2 amide bonds. The van der Waals surface area contributed by atoms with Gasteiger partial charge < -0.3 is 10.5 Å². The van der Waals surface area contributed by atoms with E-state index in [1.165, 1.54) is 6.92 Å². The van der Waals surface area contributed by atoms with Gasteiger partial charge in [0.05, 0.1) is 18.4 Å². The molecule has 6 nitrogen and oxygen atoms in total. The third-order valence-electron chi connectivity index (χ3n) is 1.27. The van der Waals surface area contributed by atoms with Crippen LogP contribution in [0.15, 0.2) is 16.8 Å². The molecule has 96 valence electrons. The normalized spacial score (nSPS) is 12.6. The summed E-state index contributed by atoms with van der Waals surface area (Å²) in [7, 11) is 0. The number of nitrogens with zero attached hydrogens (tertiary/aromatic N) is 1. The zero-order chi connectivity index (χ0) is 13.5. The number of primary amides is 1. The minimum Gasteiger partial charge on any atom is -0.463 e. The highest BCUT2D eigenvalue weighted by Crippen LogP contribution is 2.24. The van der Waals surface area contributed by atoms with Crippen molar-refractivity contribution in [3.63, 3.8) is 0 Å². The minimum absolute atomic E-state index is 0.0584. The van der Waals surface area contributed by atoms with Gasteiger partial charge >= 0.3 is 18.2 Å². The number of rotatable bonds is 4. The van der Waals surface area contributed by atoms with Crippen LogP contribution in [0.25, 0.3) is 0 Å². The number of urea groups is 1. The fourth-order valence-corrected chi connectivity index (χ4v) is 0.669. The van der Waals surface area contributed by atoms with Crippen LogP contribution in [-0.4, -0.2) is 31.0 Å². The first kappa shape index (κ1) is 14.9. The molecule has 17 heavy (non-hydrogen) atoms. The molecule has 0 unspecified atom stereocenters. The number of carbonyl (C=O) groups excluding carboxylic acids is 2. The van der Waals surface area contributed by atoms with Crippen molar-refractivity contribution in [2.24, 2.45) is 10.8 Å². The fourth-order valence-electron chi connectivity index (χ4n) is 0.669. The second kappa shape index (κ2) is 6.51. The maximum Gasteiger partial charge on any atom is 0.418 e. The molecule has 0 spiro atoms. The van der Waals surface area contributed by atoms with E-state index < -0.39 is 23.7 Å². The van der Waals surface area contributed by atoms with E-state index in [2.05, 4.69) is 15.6 Å². The number of hydrazone groups is 1. The Hall–Kier alpha value is -2.06. The van der Waals surface area contributed by atoms with Crippen LogP contribution in [0.2, 0.25) is 0 Å². The summed E-state index contributed by atoms with van der Waals surface area (Å²) in [5.74, 6) is -1.16. The molecule has 0 aromatic heterocycles. The van der Waals surface area contributed by atoms with Gasteiger partial charge in [0.15, 0.2) is 0 Å². The Morgan fingerprint density at radius 3 is 2.47 bits per heavy atom. The number of nitrogens with two attached hydrogens (primary N) is 1. The average molecular weight is 253 g/mol. The highest BCUT2D eigenvalue weighted by molar-refractivity contribution is 5.92. The molecular weight excluding hydrogens is 243 g/mol. The maximum absolute atomic E-state index is 12.3. The van der Waals surface area contributed by atoms with Gasteiger partial charge in [-0.2, -0.15) is 18.3 Å². The van der Waals surface area contributed by atoms with Crippen molar-refractivity contribution in [2.75, 3.05) is 6.61 Å². The number of ether oxygens (including phenoxy) is 1. The Balaban J connectivity index is 4.84. The first-order valence-corrected chi connectivity index (χ1v) is 4.31. The molecule has 0 aliphatic carbocycles. The van der Waals surface area contributed by atoms with E-state index in [0.29, 0.717) is 0 Å². The quantitative estimate of drug-likeness (QED) is 0.334. The summed E-state index contributed by atoms with van der Waals surface area (Å²) < 4.78 is 41.3. The lowest BCUT2D eigenvalue weighted by atomic mass is 10.2. The summed E-state index contributed by atoms with van der Waals surface area (Å²) in [6, 6.07) is -1.13. The van der Waals surface area contributed by atoms with Gasteiger partial charge in [0, 0.05) is 6.08 Å². The van der Waals surface area contributed by atoms with Gasteiger partial charge in [-0.25, -0.2) is 15.0 Å². The topological polar surface area (TPSA) is 93.8 Å². The lowest BCUT2D eigenvalue weighted by Gasteiger charge is -2.06. The third kappa shape index (κ3) is 6.93. The Kier molecular flexibility index (Phi) is 5.72. The molecule has 9 heteroatoms. The molecule has 0 heterocycles. The van der Waals surface area contributed by atoms with Crippen molar-refractivity contribution in [2.45, 2.75) is 13.1 Å². The molecule has 0 radical (unpaired) electrons. The Morgan fingerprint density at radius 2 is 2.06 bits per heavy atom. The van der Waals surface area contributed by atoms with Gasteiger partial charge in [0.25, 0.3) is 0 Å². The van der Waals surface area contributed by atoms with Crippen LogP contribution in [0.1, 0.15) is 6.92 Å². The molecule has 0 rings (SSSR count). The van der Waals surface area contributed by atoms with E-state index >= 15 is 0 Å². The van der Waals surface area contributed by atoms with Crippen molar-refractivity contribution in [3.8, 4) is 0 Å². The van der Waals surface area contributed by atoms with Crippen molar-refractivity contribution in [1.82, 2.24) is 5.43 Å². The standard InChI is InChI=1S/C8H10F3N3O3/c1-2-17-6(15)3-5(8(9,10)11)4-13-14-7(12)16/h3-4H,2H2,1H3,(H3,12,14,16)/b5-3-,13-4+. The summed E-state index contributed by atoms with van der Waals surface area (Å²) in [4.78, 5) is 21.0. The molecule has 0 aromatic carbocycles. The average Bonchev–Trinajstić information content (AvgIpc) is 2.14. The number of amides is 2. The molecule has 0 atom stereocenters. The Bertz CT molecular complexity index is 350. The van der Waals surface area contributed by atoms with E-state index in [4.69, 9.17) is 0 Å². The van der Waals surface area contributed by atoms with Crippen LogP contribution >= 0.6 is 0 Å². The van der Waals surface area contributed by atoms with Gasteiger partial charge in [0.1, 0.15) is 0 Å². The molecule has 0 saturated heterocycles. The van der Waals surface area contributed by atoms with Crippen LogP contribution in [0.4, 0.5) is 18.0 Å². The smallest absolute Gasteiger partial charge is 0.418 e.